The first-order chi connectivity index (χ1) is 14.2. The van der Waals surface area contributed by atoms with Gasteiger partial charge in [-0.15, -0.1) is 0 Å². The third-order valence-electron chi connectivity index (χ3n) is 11.5. The molecule has 4 fully saturated rings. The molecule has 31 heavy (non-hydrogen) atoms. The van der Waals surface area contributed by atoms with E-state index in [1.807, 2.05) is 0 Å². The van der Waals surface area contributed by atoms with Gasteiger partial charge in [-0.3, -0.25) is 0 Å². The van der Waals surface area contributed by atoms with Crippen LogP contribution >= 0.6 is 0 Å². The molecule has 0 aromatic rings. The van der Waals surface area contributed by atoms with E-state index in [-0.39, 0.29) is 10.8 Å². The van der Waals surface area contributed by atoms with Crippen molar-refractivity contribution in [1.82, 2.24) is 0 Å². The molecule has 0 amide bonds. The number of allylic oxidation sites excluding steroid dienone is 2. The second-order valence-electron chi connectivity index (χ2n) is 12.8. The van der Waals surface area contributed by atoms with Crippen molar-refractivity contribution in [3.63, 3.8) is 0 Å². The predicted octanol–water partition coefficient (Wildman–Crippen LogP) is 6.87. The van der Waals surface area contributed by atoms with Crippen LogP contribution in [-0.2, 0) is 14.3 Å². The zero-order chi connectivity index (χ0) is 23.0. The summed E-state index contributed by atoms with van der Waals surface area (Å²) in [6.07, 6.45) is 11.5. The van der Waals surface area contributed by atoms with E-state index in [0.29, 0.717) is 33.8 Å². The standard InChI is InChI=1S/C28H42O3/c1-17(13-21-15-19-9-11-27(21,7)25(19,3)4)23(29)31-24(30)18(2)14-22-16-20-10-12-28(22,8)26(20,5)6/h13-14,19-22H,9-12,15-16H2,1-8H3. The van der Waals surface area contributed by atoms with Gasteiger partial charge in [-0.1, -0.05) is 53.7 Å². The summed E-state index contributed by atoms with van der Waals surface area (Å²) in [6, 6.07) is 0. The lowest BCUT2D eigenvalue weighted by Crippen LogP contribution is -2.32. The minimum atomic E-state index is -0.485. The van der Waals surface area contributed by atoms with Gasteiger partial charge in [0.05, 0.1) is 0 Å². The largest absolute Gasteiger partial charge is 0.386 e. The lowest BCUT2D eigenvalue weighted by molar-refractivity contribution is -0.154. The van der Waals surface area contributed by atoms with Crippen LogP contribution in [0.4, 0.5) is 0 Å². The second kappa shape index (κ2) is 7.06. The average molecular weight is 427 g/mol. The molecule has 6 unspecified atom stereocenters. The number of hydrogen-bond acceptors (Lipinski definition) is 3. The fraction of sp³-hybridized carbons (Fsp3) is 0.786. The molecule has 6 atom stereocenters. The maximum atomic E-state index is 12.7. The molecule has 4 saturated carbocycles. The number of rotatable bonds is 4. The highest BCUT2D eigenvalue weighted by Gasteiger charge is 2.61. The van der Waals surface area contributed by atoms with Gasteiger partial charge in [0.2, 0.25) is 0 Å². The normalized spacial score (nSPS) is 42.8. The average Bonchev–Trinajstić information content (AvgIpc) is 3.19. The second-order valence-corrected chi connectivity index (χ2v) is 12.8. The monoisotopic (exact) mass is 426 g/mol. The Bertz CT molecular complexity index is 789. The molecule has 3 nitrogen and oxygen atoms in total. The van der Waals surface area contributed by atoms with Gasteiger partial charge < -0.3 is 4.74 Å². The summed E-state index contributed by atoms with van der Waals surface area (Å²) < 4.78 is 5.31. The topological polar surface area (TPSA) is 43.4 Å². The van der Waals surface area contributed by atoms with Crippen molar-refractivity contribution in [3.8, 4) is 0 Å². The van der Waals surface area contributed by atoms with Crippen LogP contribution in [0.5, 0.6) is 0 Å². The molecule has 0 spiro atoms. The van der Waals surface area contributed by atoms with E-state index >= 15 is 0 Å². The maximum absolute atomic E-state index is 12.7. The molecule has 3 heteroatoms. The summed E-state index contributed by atoms with van der Waals surface area (Å²) in [7, 11) is 0. The molecular weight excluding hydrogens is 384 g/mol. The Hall–Kier alpha value is -1.38. The fourth-order valence-corrected chi connectivity index (χ4v) is 8.02. The molecule has 4 bridgehead atoms. The lowest BCUT2D eigenvalue weighted by Gasteiger charge is -2.38. The van der Waals surface area contributed by atoms with Crippen LogP contribution in [0.25, 0.3) is 0 Å². The summed E-state index contributed by atoms with van der Waals surface area (Å²) >= 11 is 0. The molecule has 0 aliphatic heterocycles. The number of esters is 2. The molecule has 0 radical (unpaired) electrons. The number of carbonyl (C=O) groups excluding carboxylic acids is 2. The molecule has 0 N–H and O–H groups in total. The van der Waals surface area contributed by atoms with Crippen molar-refractivity contribution < 1.29 is 14.3 Å². The highest BCUT2D eigenvalue weighted by atomic mass is 16.6. The van der Waals surface area contributed by atoms with Crippen molar-refractivity contribution >= 4 is 11.9 Å². The van der Waals surface area contributed by atoms with E-state index in [1.54, 1.807) is 13.8 Å². The highest BCUT2D eigenvalue weighted by Crippen LogP contribution is 2.69. The Balaban J connectivity index is 1.42. The predicted molar refractivity (Wildman–Crippen MR) is 124 cm³/mol. The van der Waals surface area contributed by atoms with Crippen LogP contribution in [0.1, 0.15) is 93.9 Å². The van der Waals surface area contributed by atoms with Crippen LogP contribution in [0.2, 0.25) is 0 Å². The van der Waals surface area contributed by atoms with Crippen LogP contribution in [0.15, 0.2) is 23.3 Å². The molecule has 0 aromatic heterocycles. The Morgan fingerprint density at radius 1 is 0.710 bits per heavy atom. The van der Waals surface area contributed by atoms with Gasteiger partial charge in [0, 0.05) is 11.1 Å². The van der Waals surface area contributed by atoms with E-state index in [4.69, 9.17) is 4.74 Å². The van der Waals surface area contributed by atoms with Gasteiger partial charge in [-0.05, 0) is 97.7 Å². The van der Waals surface area contributed by atoms with Gasteiger partial charge in [0.15, 0.2) is 0 Å². The summed E-state index contributed by atoms with van der Waals surface area (Å²) in [6.45, 7) is 17.8. The molecule has 4 rings (SSSR count). The smallest absolute Gasteiger partial charge is 0.341 e. The molecule has 4 aliphatic rings. The number of ether oxygens (including phenoxy) is 1. The number of hydrogen-bond donors (Lipinski definition) is 0. The van der Waals surface area contributed by atoms with Crippen LogP contribution in [-0.4, -0.2) is 11.9 Å². The summed E-state index contributed by atoms with van der Waals surface area (Å²) in [5.74, 6) is 1.25. The summed E-state index contributed by atoms with van der Waals surface area (Å²) in [4.78, 5) is 25.4. The molecule has 4 aliphatic carbocycles. The van der Waals surface area contributed by atoms with E-state index in [0.717, 1.165) is 24.7 Å². The Labute approximate surface area is 189 Å². The third-order valence-corrected chi connectivity index (χ3v) is 11.5. The quantitative estimate of drug-likeness (QED) is 0.280. The SMILES string of the molecule is CC(=CC1CC2CCC1(C)C2(C)C)C(=O)OC(=O)C(C)=CC1CC2CCC1(C)C2(C)C. The van der Waals surface area contributed by atoms with Crippen molar-refractivity contribution in [2.24, 2.45) is 45.3 Å². The van der Waals surface area contributed by atoms with Gasteiger partial charge >= 0.3 is 11.9 Å². The van der Waals surface area contributed by atoms with Crippen molar-refractivity contribution in [3.05, 3.63) is 23.3 Å². The molecular formula is C28H42O3. The zero-order valence-electron chi connectivity index (χ0n) is 20.9. The molecule has 0 aromatic carbocycles. The van der Waals surface area contributed by atoms with E-state index < -0.39 is 11.9 Å². The Morgan fingerprint density at radius 3 is 1.32 bits per heavy atom. The Morgan fingerprint density at radius 2 is 1.06 bits per heavy atom. The van der Waals surface area contributed by atoms with E-state index in [1.165, 1.54) is 25.7 Å². The first-order valence-corrected chi connectivity index (χ1v) is 12.4. The van der Waals surface area contributed by atoms with Crippen molar-refractivity contribution in [1.29, 1.82) is 0 Å². The number of fused-ring (bicyclic) bond motifs is 4. The van der Waals surface area contributed by atoms with E-state index in [9.17, 15) is 9.59 Å². The maximum Gasteiger partial charge on any atom is 0.341 e. The lowest BCUT2D eigenvalue weighted by atomic mass is 9.66. The first-order valence-electron chi connectivity index (χ1n) is 12.4. The van der Waals surface area contributed by atoms with Crippen LogP contribution < -0.4 is 0 Å². The zero-order valence-corrected chi connectivity index (χ0v) is 20.9. The minimum absolute atomic E-state index is 0.225. The summed E-state index contributed by atoms with van der Waals surface area (Å²) in [5, 5.41) is 0. The van der Waals surface area contributed by atoms with Gasteiger partial charge in [0.25, 0.3) is 0 Å². The first kappa shape index (κ1) is 22.8. The molecule has 0 saturated heterocycles. The fourth-order valence-electron chi connectivity index (χ4n) is 8.02. The van der Waals surface area contributed by atoms with E-state index in [2.05, 4.69) is 53.7 Å². The van der Waals surface area contributed by atoms with Crippen molar-refractivity contribution in [2.75, 3.05) is 0 Å². The van der Waals surface area contributed by atoms with Crippen LogP contribution in [0, 0.1) is 45.3 Å². The Kier molecular flexibility index (Phi) is 5.19. The highest BCUT2D eigenvalue weighted by molar-refractivity contribution is 6.01. The number of carbonyl (C=O) groups is 2. The molecule has 172 valence electrons. The van der Waals surface area contributed by atoms with Gasteiger partial charge in [-0.2, -0.15) is 0 Å². The summed E-state index contributed by atoms with van der Waals surface area (Å²) in [5.41, 5.74) is 2.20. The molecule has 0 heterocycles. The van der Waals surface area contributed by atoms with Crippen molar-refractivity contribution in [2.45, 2.75) is 93.9 Å². The van der Waals surface area contributed by atoms with Crippen LogP contribution in [0.3, 0.4) is 0 Å². The minimum Gasteiger partial charge on any atom is -0.386 e. The third kappa shape index (κ3) is 3.12. The van der Waals surface area contributed by atoms with Gasteiger partial charge in [0.1, 0.15) is 0 Å². The van der Waals surface area contributed by atoms with Gasteiger partial charge in [-0.25, -0.2) is 9.59 Å².